The molecule has 3 heterocycles. The zero-order valence-corrected chi connectivity index (χ0v) is 15.4. The summed E-state index contributed by atoms with van der Waals surface area (Å²) in [5, 5.41) is 0. The molecule has 1 amide bonds. The Kier molecular flexibility index (Phi) is 4.70. The van der Waals surface area contributed by atoms with Crippen molar-refractivity contribution in [3.05, 3.63) is 18.2 Å². The molecule has 2 aliphatic rings. The van der Waals surface area contributed by atoms with Gasteiger partial charge in [-0.2, -0.15) is 0 Å². The maximum Gasteiger partial charge on any atom is 0.225 e. The number of carbonyl (C=O) groups is 1. The average molecular weight is 354 g/mol. The van der Waals surface area contributed by atoms with Crippen molar-refractivity contribution in [1.29, 1.82) is 0 Å². The number of hydrogen-bond acceptors (Lipinski definition) is 5. The van der Waals surface area contributed by atoms with Crippen molar-refractivity contribution < 1.29 is 13.2 Å². The molecule has 0 unspecified atom stereocenters. The maximum absolute atomic E-state index is 12.5. The van der Waals surface area contributed by atoms with E-state index in [-0.39, 0.29) is 35.4 Å². The van der Waals surface area contributed by atoms with Crippen LogP contribution >= 0.6 is 0 Å². The van der Waals surface area contributed by atoms with E-state index in [4.69, 9.17) is 0 Å². The second-order valence-corrected chi connectivity index (χ2v) is 9.15. The van der Waals surface area contributed by atoms with E-state index in [2.05, 4.69) is 21.4 Å². The van der Waals surface area contributed by atoms with Gasteiger partial charge in [0.2, 0.25) is 5.91 Å². The molecule has 0 bridgehead atoms. The van der Waals surface area contributed by atoms with E-state index in [0.717, 1.165) is 12.4 Å². The van der Waals surface area contributed by atoms with Crippen LogP contribution in [0.3, 0.4) is 0 Å². The summed E-state index contributed by atoms with van der Waals surface area (Å²) in [6.07, 6.45) is 3.72. The van der Waals surface area contributed by atoms with E-state index in [1.807, 2.05) is 20.0 Å². The Labute approximate surface area is 143 Å². The summed E-state index contributed by atoms with van der Waals surface area (Å²) in [4.78, 5) is 20.9. The van der Waals surface area contributed by atoms with Crippen LogP contribution in [0.5, 0.6) is 0 Å². The second kappa shape index (κ2) is 6.48. The smallest absolute Gasteiger partial charge is 0.225 e. The lowest BCUT2D eigenvalue weighted by molar-refractivity contribution is -0.140. The van der Waals surface area contributed by atoms with Crippen molar-refractivity contribution in [2.45, 2.75) is 45.9 Å². The van der Waals surface area contributed by atoms with E-state index in [1.165, 1.54) is 0 Å². The van der Waals surface area contributed by atoms with Gasteiger partial charge in [-0.1, -0.05) is 13.8 Å². The minimum atomic E-state index is -3.11. The van der Waals surface area contributed by atoms with Crippen molar-refractivity contribution in [1.82, 2.24) is 19.4 Å². The van der Waals surface area contributed by atoms with Gasteiger partial charge in [-0.25, -0.2) is 13.4 Å². The number of aryl methyl sites for hydroxylation is 1. The quantitative estimate of drug-likeness (QED) is 0.781. The Morgan fingerprint density at radius 1 is 1.29 bits per heavy atom. The van der Waals surface area contributed by atoms with E-state index in [1.54, 1.807) is 11.1 Å². The van der Waals surface area contributed by atoms with Gasteiger partial charge in [-0.15, -0.1) is 0 Å². The summed E-state index contributed by atoms with van der Waals surface area (Å²) in [5.41, 5.74) is 0. The first kappa shape index (κ1) is 17.4. The summed E-state index contributed by atoms with van der Waals surface area (Å²) in [7, 11) is -3.11. The fourth-order valence-electron chi connectivity index (χ4n) is 3.79. The molecule has 2 saturated heterocycles. The van der Waals surface area contributed by atoms with E-state index in [9.17, 15) is 13.2 Å². The molecule has 24 heavy (non-hydrogen) atoms. The van der Waals surface area contributed by atoms with Gasteiger partial charge in [0.25, 0.3) is 0 Å². The highest BCUT2D eigenvalue weighted by Gasteiger charge is 2.48. The first-order chi connectivity index (χ1) is 11.3. The predicted molar refractivity (Wildman–Crippen MR) is 91.1 cm³/mol. The first-order valence-electron chi connectivity index (χ1n) is 8.57. The monoisotopic (exact) mass is 354 g/mol. The van der Waals surface area contributed by atoms with E-state index in [0.29, 0.717) is 19.6 Å². The van der Waals surface area contributed by atoms with Crippen LogP contribution in [0.2, 0.25) is 0 Å². The number of rotatable bonds is 4. The Balaban J connectivity index is 1.83. The van der Waals surface area contributed by atoms with Crippen LogP contribution in [0.25, 0.3) is 0 Å². The number of nitrogens with zero attached hydrogens (tertiary/aromatic N) is 4. The van der Waals surface area contributed by atoms with Crippen molar-refractivity contribution >= 4 is 15.7 Å². The SMILES string of the molecule is CCn1ccnc1CN1CCN(C(=O)C(C)C)[C@H]2CS(=O)(=O)C[C@H]21. The highest BCUT2D eigenvalue weighted by molar-refractivity contribution is 7.91. The molecular formula is C16H26N4O3S. The molecular weight excluding hydrogens is 328 g/mol. The number of carbonyl (C=O) groups excluding carboxylic acids is 1. The van der Waals surface area contributed by atoms with Crippen LogP contribution < -0.4 is 0 Å². The molecule has 2 fully saturated rings. The van der Waals surface area contributed by atoms with Gasteiger partial charge in [-0.05, 0) is 6.92 Å². The van der Waals surface area contributed by atoms with Gasteiger partial charge in [0.05, 0.1) is 24.1 Å². The molecule has 0 aromatic carbocycles. The lowest BCUT2D eigenvalue weighted by Gasteiger charge is -2.44. The number of fused-ring (bicyclic) bond motifs is 1. The van der Waals surface area contributed by atoms with E-state index < -0.39 is 9.84 Å². The van der Waals surface area contributed by atoms with Crippen LogP contribution in [0.1, 0.15) is 26.6 Å². The summed E-state index contributed by atoms with van der Waals surface area (Å²) in [6.45, 7) is 8.53. The van der Waals surface area contributed by atoms with Gasteiger partial charge in [-0.3, -0.25) is 9.69 Å². The molecule has 0 N–H and O–H groups in total. The van der Waals surface area contributed by atoms with Gasteiger partial charge in [0.1, 0.15) is 5.82 Å². The van der Waals surface area contributed by atoms with Crippen LogP contribution in [-0.2, 0) is 27.7 Å². The number of aromatic nitrogens is 2. The number of sulfone groups is 1. The first-order valence-corrected chi connectivity index (χ1v) is 10.4. The summed E-state index contributed by atoms with van der Waals surface area (Å²) >= 11 is 0. The highest BCUT2D eigenvalue weighted by Crippen LogP contribution is 2.29. The molecule has 0 saturated carbocycles. The molecule has 0 radical (unpaired) electrons. The zero-order chi connectivity index (χ0) is 17.5. The number of imidazole rings is 1. The Bertz CT molecular complexity index is 713. The molecule has 2 atom stereocenters. The van der Waals surface area contributed by atoms with Gasteiger partial charge >= 0.3 is 0 Å². The Morgan fingerprint density at radius 2 is 2.00 bits per heavy atom. The molecule has 2 aliphatic heterocycles. The van der Waals surface area contributed by atoms with Crippen LogP contribution in [0, 0.1) is 5.92 Å². The molecule has 0 aliphatic carbocycles. The standard InChI is InChI=1S/C16H26N4O3S/c1-4-18-6-5-17-15(18)9-19-7-8-20(16(21)12(2)3)14-11-24(22,23)10-13(14)19/h5-6,12-14H,4,7-11H2,1-3H3/t13-,14+/m1/s1. The zero-order valence-electron chi connectivity index (χ0n) is 14.6. The minimum absolute atomic E-state index is 0.0526. The third-order valence-electron chi connectivity index (χ3n) is 5.05. The second-order valence-electron chi connectivity index (χ2n) is 7.00. The number of piperazine rings is 1. The topological polar surface area (TPSA) is 75.5 Å². The van der Waals surface area contributed by atoms with Crippen molar-refractivity contribution in [3.8, 4) is 0 Å². The fourth-order valence-corrected chi connectivity index (χ4v) is 5.80. The van der Waals surface area contributed by atoms with Crippen molar-refractivity contribution in [2.24, 2.45) is 5.92 Å². The predicted octanol–water partition coefficient (Wildman–Crippen LogP) is 0.369. The lowest BCUT2D eigenvalue weighted by atomic mass is 10.0. The average Bonchev–Trinajstić information content (AvgIpc) is 3.09. The third kappa shape index (κ3) is 3.21. The van der Waals surface area contributed by atoms with Crippen LogP contribution in [0.4, 0.5) is 0 Å². The van der Waals surface area contributed by atoms with Crippen LogP contribution in [-0.4, -0.2) is 70.4 Å². The molecule has 8 heteroatoms. The Hall–Kier alpha value is -1.41. The van der Waals surface area contributed by atoms with Crippen LogP contribution in [0.15, 0.2) is 12.4 Å². The molecule has 3 rings (SSSR count). The highest BCUT2D eigenvalue weighted by atomic mass is 32.2. The van der Waals surface area contributed by atoms with Crippen molar-refractivity contribution in [3.63, 3.8) is 0 Å². The molecule has 1 aromatic rings. The largest absolute Gasteiger partial charge is 0.336 e. The lowest BCUT2D eigenvalue weighted by Crippen LogP contribution is -2.61. The minimum Gasteiger partial charge on any atom is -0.336 e. The maximum atomic E-state index is 12.5. The fraction of sp³-hybridized carbons (Fsp3) is 0.750. The summed E-state index contributed by atoms with van der Waals surface area (Å²) in [5.74, 6) is 1.10. The number of hydrogen-bond donors (Lipinski definition) is 0. The molecule has 0 spiro atoms. The molecule has 7 nitrogen and oxygen atoms in total. The number of amides is 1. The van der Waals surface area contributed by atoms with E-state index >= 15 is 0 Å². The third-order valence-corrected chi connectivity index (χ3v) is 6.75. The van der Waals surface area contributed by atoms with Gasteiger partial charge < -0.3 is 9.47 Å². The summed E-state index contributed by atoms with van der Waals surface area (Å²) < 4.78 is 26.5. The van der Waals surface area contributed by atoms with Gasteiger partial charge in [0, 0.05) is 44.0 Å². The van der Waals surface area contributed by atoms with Crippen molar-refractivity contribution in [2.75, 3.05) is 24.6 Å². The summed E-state index contributed by atoms with van der Waals surface area (Å²) in [6, 6.07) is -0.364. The molecule has 134 valence electrons. The molecule has 1 aromatic heterocycles. The Morgan fingerprint density at radius 3 is 2.67 bits per heavy atom. The normalized spacial score (nSPS) is 26.8. The van der Waals surface area contributed by atoms with Gasteiger partial charge in [0.15, 0.2) is 9.84 Å².